The first kappa shape index (κ1) is 15.0. The van der Waals surface area contributed by atoms with E-state index in [-0.39, 0.29) is 27.3 Å². The Hall–Kier alpha value is 2.06. The molecule has 2 bridgehead atoms. The summed E-state index contributed by atoms with van der Waals surface area (Å²) < 4.78 is -1.50. The molecule has 3 rings (SSSR count). The largest absolute Gasteiger partial charge is 0.166 e. The number of allylic oxidation sites excluding steroid dienone is 2. The van der Waals surface area contributed by atoms with E-state index < -0.39 is 19.5 Å². The molecule has 0 heterocycles. The van der Waals surface area contributed by atoms with Crippen molar-refractivity contribution in [3.8, 4) is 0 Å². The van der Waals surface area contributed by atoms with Crippen LogP contribution >= 0.6 is 92.8 Å². The Morgan fingerprint density at radius 2 is 1.39 bits per heavy atom. The smallest absolute Gasteiger partial charge is 0.121 e. The van der Waals surface area contributed by atoms with Crippen LogP contribution in [0.5, 0.6) is 0 Å². The van der Waals surface area contributed by atoms with Crippen LogP contribution in [0.1, 0.15) is 6.42 Å². The number of rotatable bonds is 0. The topological polar surface area (TPSA) is 0 Å². The lowest BCUT2D eigenvalue weighted by molar-refractivity contribution is 0.385. The molecule has 3 aliphatic carbocycles. The van der Waals surface area contributed by atoms with Gasteiger partial charge in [0.2, 0.25) is 0 Å². The maximum absolute atomic E-state index is 6.62. The van der Waals surface area contributed by atoms with Gasteiger partial charge in [0.25, 0.3) is 0 Å². The molecule has 0 aromatic carbocycles. The molecule has 2 saturated carbocycles. The van der Waals surface area contributed by atoms with Crippen molar-refractivity contribution in [2.24, 2.45) is 11.8 Å². The van der Waals surface area contributed by atoms with E-state index in [1.807, 2.05) is 0 Å². The standard InChI is InChI=1S/C10H6Cl8/c11-3-1-2-4(5(3)12)9(16)7(14)6(13)8(2,15)10(9,17)18/h2-5H,1H2/t2-,3+,4-,5-,8-,9+/m0/s1. The average Bonchev–Trinajstić information content (AvgIpc) is 2.69. The van der Waals surface area contributed by atoms with Gasteiger partial charge in [0, 0.05) is 5.92 Å². The molecule has 6 atom stereocenters. The predicted molar refractivity (Wildman–Crippen MR) is 81.2 cm³/mol. The van der Waals surface area contributed by atoms with Crippen molar-refractivity contribution in [2.45, 2.75) is 31.3 Å². The van der Waals surface area contributed by atoms with Crippen LogP contribution in [0.4, 0.5) is 0 Å². The van der Waals surface area contributed by atoms with Gasteiger partial charge in [-0.1, -0.05) is 46.4 Å². The van der Waals surface area contributed by atoms with Gasteiger partial charge in [-0.3, -0.25) is 0 Å². The van der Waals surface area contributed by atoms with Crippen LogP contribution in [0.15, 0.2) is 10.1 Å². The molecule has 2 fully saturated rings. The average molecular weight is 410 g/mol. The van der Waals surface area contributed by atoms with Crippen LogP contribution < -0.4 is 0 Å². The molecule has 0 aromatic rings. The molecular weight excluding hydrogens is 404 g/mol. The zero-order valence-electron chi connectivity index (χ0n) is 8.54. The Morgan fingerprint density at radius 3 is 1.94 bits per heavy atom. The van der Waals surface area contributed by atoms with Crippen LogP contribution in [0, 0.1) is 11.8 Å². The quantitative estimate of drug-likeness (QED) is 0.451. The van der Waals surface area contributed by atoms with Crippen LogP contribution in [-0.2, 0) is 0 Å². The first-order chi connectivity index (χ1) is 8.11. The molecular formula is C10H6Cl8. The Bertz CT molecular complexity index is 459. The van der Waals surface area contributed by atoms with E-state index >= 15 is 0 Å². The van der Waals surface area contributed by atoms with Crippen molar-refractivity contribution in [3.63, 3.8) is 0 Å². The third-order valence-electron chi connectivity index (χ3n) is 4.32. The minimum absolute atomic E-state index is 0.184. The first-order valence-corrected chi connectivity index (χ1v) is 8.35. The van der Waals surface area contributed by atoms with Crippen LogP contribution in [0.25, 0.3) is 0 Å². The Balaban J connectivity index is 2.26. The van der Waals surface area contributed by atoms with Gasteiger partial charge in [0.1, 0.15) is 9.75 Å². The number of hydrogen-bond donors (Lipinski definition) is 0. The highest BCUT2D eigenvalue weighted by molar-refractivity contribution is 6.66. The van der Waals surface area contributed by atoms with Crippen molar-refractivity contribution < 1.29 is 0 Å². The second-order valence-corrected chi connectivity index (χ2v) is 9.29. The summed E-state index contributed by atoms with van der Waals surface area (Å²) in [6.45, 7) is 0. The van der Waals surface area contributed by atoms with Crippen molar-refractivity contribution in [1.29, 1.82) is 0 Å². The van der Waals surface area contributed by atoms with Crippen molar-refractivity contribution in [2.75, 3.05) is 0 Å². The number of alkyl halides is 6. The third kappa shape index (κ3) is 1.28. The van der Waals surface area contributed by atoms with E-state index in [0.717, 1.165) is 0 Å². The summed E-state index contributed by atoms with van der Waals surface area (Å²) in [6, 6.07) is 0. The second-order valence-electron chi connectivity index (χ2n) is 4.95. The molecule has 102 valence electrons. The van der Waals surface area contributed by atoms with E-state index in [0.29, 0.717) is 6.42 Å². The Morgan fingerprint density at radius 1 is 0.889 bits per heavy atom. The van der Waals surface area contributed by atoms with E-state index in [1.54, 1.807) is 0 Å². The fourth-order valence-electron chi connectivity index (χ4n) is 3.48. The molecule has 18 heavy (non-hydrogen) atoms. The van der Waals surface area contributed by atoms with Crippen molar-refractivity contribution >= 4 is 92.8 Å². The third-order valence-corrected chi connectivity index (χ3v) is 9.79. The van der Waals surface area contributed by atoms with Crippen LogP contribution in [0.2, 0.25) is 0 Å². The minimum Gasteiger partial charge on any atom is -0.121 e. The molecule has 0 aromatic heterocycles. The first-order valence-electron chi connectivity index (χ1n) is 5.21. The molecule has 0 aliphatic heterocycles. The summed E-state index contributed by atoms with van der Waals surface area (Å²) in [4.78, 5) is -2.50. The Labute approximate surface area is 145 Å². The number of hydrogen-bond acceptors (Lipinski definition) is 0. The van der Waals surface area contributed by atoms with Gasteiger partial charge < -0.3 is 0 Å². The lowest BCUT2D eigenvalue weighted by atomic mass is 9.84. The summed E-state index contributed by atoms with van der Waals surface area (Å²) in [5.41, 5.74) is 0. The van der Waals surface area contributed by atoms with Gasteiger partial charge in [-0.25, -0.2) is 0 Å². The molecule has 0 amide bonds. The molecule has 8 heteroatoms. The highest BCUT2D eigenvalue weighted by Gasteiger charge is 2.84. The summed E-state index contributed by atoms with van der Waals surface area (Å²) in [7, 11) is 0. The summed E-state index contributed by atoms with van der Waals surface area (Å²) >= 11 is 51.0. The fraction of sp³-hybridized carbons (Fsp3) is 0.800. The normalized spacial score (nSPS) is 57.3. The molecule has 3 aliphatic rings. The minimum atomic E-state index is -1.50. The molecule has 0 N–H and O–H groups in total. The van der Waals surface area contributed by atoms with Crippen LogP contribution in [-0.4, -0.2) is 24.8 Å². The van der Waals surface area contributed by atoms with Gasteiger partial charge in [0.05, 0.1) is 20.8 Å². The van der Waals surface area contributed by atoms with Crippen molar-refractivity contribution in [1.82, 2.24) is 0 Å². The van der Waals surface area contributed by atoms with Gasteiger partial charge >= 0.3 is 0 Å². The maximum atomic E-state index is 6.62. The Kier molecular flexibility index (Phi) is 3.39. The highest BCUT2D eigenvalue weighted by Crippen LogP contribution is 2.79. The fourth-order valence-corrected chi connectivity index (χ4v) is 7.46. The summed E-state index contributed by atoms with van der Waals surface area (Å²) in [5.74, 6) is -0.488. The molecule has 0 nitrogen and oxygen atoms in total. The molecule has 0 spiro atoms. The van der Waals surface area contributed by atoms with Gasteiger partial charge in [-0.2, -0.15) is 0 Å². The second kappa shape index (κ2) is 4.07. The lowest BCUT2D eigenvalue weighted by Gasteiger charge is -2.35. The lowest BCUT2D eigenvalue weighted by Crippen LogP contribution is -2.47. The van der Waals surface area contributed by atoms with Gasteiger partial charge in [0.15, 0.2) is 4.33 Å². The van der Waals surface area contributed by atoms with E-state index in [2.05, 4.69) is 0 Å². The van der Waals surface area contributed by atoms with E-state index in [9.17, 15) is 0 Å². The number of fused-ring (bicyclic) bond motifs is 5. The van der Waals surface area contributed by atoms with Crippen molar-refractivity contribution in [3.05, 3.63) is 10.1 Å². The molecule has 0 unspecified atom stereocenters. The zero-order valence-corrected chi connectivity index (χ0v) is 14.6. The monoisotopic (exact) mass is 406 g/mol. The van der Waals surface area contributed by atoms with E-state index in [4.69, 9.17) is 92.8 Å². The van der Waals surface area contributed by atoms with Gasteiger partial charge in [-0.15, -0.1) is 46.4 Å². The van der Waals surface area contributed by atoms with E-state index in [1.165, 1.54) is 0 Å². The molecule has 0 saturated heterocycles. The zero-order chi connectivity index (χ0) is 13.7. The van der Waals surface area contributed by atoms with Gasteiger partial charge in [-0.05, 0) is 12.3 Å². The van der Waals surface area contributed by atoms with Crippen LogP contribution in [0.3, 0.4) is 0 Å². The SMILES string of the molecule is ClC1=C(Cl)[C@]2(Cl)[C@@H]3[C@@H](Cl)[C@H](Cl)C[C@@H]3[C@@]1(Cl)C2(Cl)Cl. The summed E-state index contributed by atoms with van der Waals surface area (Å²) in [6.07, 6.45) is 0.555. The maximum Gasteiger partial charge on any atom is 0.166 e. The predicted octanol–water partition coefficient (Wildman–Crippen LogP) is 5.68. The molecule has 0 radical (unpaired) electrons. The summed E-state index contributed by atoms with van der Waals surface area (Å²) in [5, 5.41) is -0.259. The highest BCUT2D eigenvalue weighted by atomic mass is 35.5. The number of halogens is 8.